The first-order valence-electron chi connectivity index (χ1n) is 11.1. The first kappa shape index (κ1) is 22.3. The van der Waals surface area contributed by atoms with Crippen molar-refractivity contribution in [3.63, 3.8) is 0 Å². The van der Waals surface area contributed by atoms with Gasteiger partial charge in [0.25, 0.3) is 5.56 Å². The summed E-state index contributed by atoms with van der Waals surface area (Å²) in [6, 6.07) is 11.0. The molecule has 7 heteroatoms. The molecule has 1 aromatic carbocycles. The SMILES string of the molecule is Cc1cccnc1-n1c(SC(C)C(=O)NCCC2=CCCCC2)nc2ccccc2c1=O. The summed E-state index contributed by atoms with van der Waals surface area (Å²) >= 11 is 1.28. The zero-order valence-electron chi connectivity index (χ0n) is 18.5. The maximum atomic E-state index is 13.4. The fourth-order valence-electron chi connectivity index (χ4n) is 3.92. The Morgan fingerprint density at radius 3 is 2.84 bits per heavy atom. The number of nitrogens with one attached hydrogen (secondary N) is 1. The number of benzene rings is 1. The van der Waals surface area contributed by atoms with Gasteiger partial charge in [-0.2, -0.15) is 0 Å². The molecule has 166 valence electrons. The van der Waals surface area contributed by atoms with Crippen LogP contribution in [0.1, 0.15) is 44.6 Å². The molecule has 0 saturated carbocycles. The molecular formula is C25H28N4O2S. The fraction of sp³-hybridized carbons (Fsp3) is 0.360. The van der Waals surface area contributed by atoms with Crippen LogP contribution in [0, 0.1) is 6.92 Å². The number of aryl methyl sites for hydroxylation is 1. The minimum atomic E-state index is -0.404. The predicted octanol–water partition coefficient (Wildman–Crippen LogP) is 4.58. The van der Waals surface area contributed by atoms with E-state index in [1.54, 1.807) is 12.3 Å². The van der Waals surface area contributed by atoms with Gasteiger partial charge in [0.05, 0.1) is 16.2 Å². The van der Waals surface area contributed by atoms with E-state index in [0.29, 0.717) is 28.4 Å². The van der Waals surface area contributed by atoms with Crippen LogP contribution in [0.5, 0.6) is 0 Å². The van der Waals surface area contributed by atoms with Crippen molar-refractivity contribution in [2.24, 2.45) is 0 Å². The molecule has 1 atom stereocenters. The molecule has 4 rings (SSSR count). The Morgan fingerprint density at radius 2 is 2.06 bits per heavy atom. The normalized spacial score (nSPS) is 14.8. The van der Waals surface area contributed by atoms with Crippen LogP contribution in [0.25, 0.3) is 16.7 Å². The van der Waals surface area contributed by atoms with Crippen LogP contribution >= 0.6 is 11.8 Å². The number of carbonyl (C=O) groups is 1. The van der Waals surface area contributed by atoms with E-state index in [-0.39, 0.29) is 11.5 Å². The Labute approximate surface area is 192 Å². The van der Waals surface area contributed by atoms with E-state index in [1.807, 2.05) is 44.2 Å². The Bertz CT molecular complexity index is 1220. The number of thioether (sulfide) groups is 1. The van der Waals surface area contributed by atoms with Gasteiger partial charge in [-0.25, -0.2) is 14.5 Å². The molecule has 1 N–H and O–H groups in total. The van der Waals surface area contributed by atoms with Gasteiger partial charge < -0.3 is 5.32 Å². The minimum absolute atomic E-state index is 0.0573. The zero-order valence-corrected chi connectivity index (χ0v) is 19.3. The number of allylic oxidation sites excluding steroid dienone is 1. The van der Waals surface area contributed by atoms with Crippen molar-refractivity contribution in [3.05, 3.63) is 70.2 Å². The molecule has 3 aromatic rings. The van der Waals surface area contributed by atoms with Crippen LogP contribution < -0.4 is 10.9 Å². The summed E-state index contributed by atoms with van der Waals surface area (Å²) < 4.78 is 1.53. The predicted molar refractivity (Wildman–Crippen MR) is 129 cm³/mol. The van der Waals surface area contributed by atoms with Gasteiger partial charge in [0, 0.05) is 12.7 Å². The third kappa shape index (κ3) is 4.93. The lowest BCUT2D eigenvalue weighted by molar-refractivity contribution is -0.120. The van der Waals surface area contributed by atoms with E-state index >= 15 is 0 Å². The molecule has 6 nitrogen and oxygen atoms in total. The summed E-state index contributed by atoms with van der Waals surface area (Å²) in [6.07, 6.45) is 9.65. The highest BCUT2D eigenvalue weighted by molar-refractivity contribution is 8.00. The standard InChI is InChI=1S/C25H28N4O2S/c1-17-9-8-15-26-22(17)29-24(31)20-12-6-7-13-21(20)28-25(29)32-18(2)23(30)27-16-14-19-10-4-3-5-11-19/h6-10,12-13,15,18H,3-5,11,14,16H2,1-2H3,(H,27,30). The monoisotopic (exact) mass is 448 g/mol. The molecule has 0 saturated heterocycles. The van der Waals surface area contributed by atoms with Gasteiger partial charge >= 0.3 is 0 Å². The molecule has 32 heavy (non-hydrogen) atoms. The number of para-hydroxylation sites is 1. The highest BCUT2D eigenvalue weighted by Gasteiger charge is 2.21. The van der Waals surface area contributed by atoms with Crippen molar-refractivity contribution < 1.29 is 4.79 Å². The number of nitrogens with zero attached hydrogens (tertiary/aromatic N) is 3. The number of rotatable bonds is 7. The van der Waals surface area contributed by atoms with E-state index < -0.39 is 5.25 Å². The maximum absolute atomic E-state index is 13.4. The Morgan fingerprint density at radius 1 is 1.22 bits per heavy atom. The molecular weight excluding hydrogens is 420 g/mol. The van der Waals surface area contributed by atoms with Crippen LogP contribution in [0.2, 0.25) is 0 Å². The summed E-state index contributed by atoms with van der Waals surface area (Å²) in [5.41, 5.74) is 2.73. The van der Waals surface area contributed by atoms with E-state index in [4.69, 9.17) is 4.98 Å². The fourth-order valence-corrected chi connectivity index (χ4v) is 4.86. The minimum Gasteiger partial charge on any atom is -0.355 e. The lowest BCUT2D eigenvalue weighted by atomic mass is 9.97. The van der Waals surface area contributed by atoms with Crippen molar-refractivity contribution in [3.8, 4) is 5.82 Å². The van der Waals surface area contributed by atoms with Crippen LogP contribution in [-0.2, 0) is 4.79 Å². The number of amides is 1. The van der Waals surface area contributed by atoms with Gasteiger partial charge in [0.2, 0.25) is 5.91 Å². The summed E-state index contributed by atoms with van der Waals surface area (Å²) in [6.45, 7) is 4.39. The topological polar surface area (TPSA) is 76.9 Å². The number of pyridine rings is 1. The van der Waals surface area contributed by atoms with Crippen molar-refractivity contribution in [2.45, 2.75) is 56.4 Å². The zero-order chi connectivity index (χ0) is 22.5. The Balaban J connectivity index is 1.58. The molecule has 0 bridgehead atoms. The number of carbonyl (C=O) groups excluding carboxylic acids is 1. The van der Waals surface area contributed by atoms with Gasteiger partial charge in [0.15, 0.2) is 5.16 Å². The summed E-state index contributed by atoms with van der Waals surface area (Å²) in [4.78, 5) is 35.3. The molecule has 2 heterocycles. The molecule has 2 aromatic heterocycles. The van der Waals surface area contributed by atoms with Gasteiger partial charge in [-0.05, 0) is 69.7 Å². The van der Waals surface area contributed by atoms with Gasteiger partial charge in [0.1, 0.15) is 5.82 Å². The molecule has 0 radical (unpaired) electrons. The number of fused-ring (bicyclic) bond motifs is 1. The second kappa shape index (κ2) is 10.1. The van der Waals surface area contributed by atoms with Crippen molar-refractivity contribution in [1.82, 2.24) is 19.9 Å². The second-order valence-electron chi connectivity index (χ2n) is 8.11. The highest BCUT2D eigenvalue weighted by Crippen LogP contribution is 2.26. The smallest absolute Gasteiger partial charge is 0.267 e. The number of hydrogen-bond acceptors (Lipinski definition) is 5. The Hall–Kier alpha value is -2.93. The molecule has 0 spiro atoms. The quantitative estimate of drug-likeness (QED) is 0.325. The average Bonchev–Trinajstić information content (AvgIpc) is 2.81. The van der Waals surface area contributed by atoms with E-state index in [2.05, 4.69) is 16.4 Å². The molecule has 1 aliphatic rings. The summed E-state index contributed by atoms with van der Waals surface area (Å²) in [5.74, 6) is 0.480. The third-order valence-corrected chi connectivity index (χ3v) is 6.77. The molecule has 1 unspecified atom stereocenters. The summed E-state index contributed by atoms with van der Waals surface area (Å²) in [5, 5.41) is 3.63. The first-order valence-corrected chi connectivity index (χ1v) is 12.0. The molecule has 0 aliphatic heterocycles. The number of hydrogen-bond donors (Lipinski definition) is 1. The average molecular weight is 449 g/mol. The van der Waals surface area contributed by atoms with Crippen LogP contribution in [0.3, 0.4) is 0 Å². The lowest BCUT2D eigenvalue weighted by Crippen LogP contribution is -2.33. The van der Waals surface area contributed by atoms with Crippen molar-refractivity contribution in [2.75, 3.05) is 6.54 Å². The largest absolute Gasteiger partial charge is 0.355 e. The van der Waals surface area contributed by atoms with Gasteiger partial charge in [-0.1, -0.05) is 41.6 Å². The highest BCUT2D eigenvalue weighted by atomic mass is 32.2. The van der Waals surface area contributed by atoms with E-state index in [1.165, 1.54) is 34.7 Å². The molecule has 1 amide bonds. The maximum Gasteiger partial charge on any atom is 0.267 e. The molecule has 1 aliphatic carbocycles. The van der Waals surface area contributed by atoms with E-state index in [9.17, 15) is 9.59 Å². The van der Waals surface area contributed by atoms with Crippen molar-refractivity contribution in [1.29, 1.82) is 0 Å². The summed E-state index contributed by atoms with van der Waals surface area (Å²) in [7, 11) is 0. The first-order chi connectivity index (χ1) is 15.5. The third-order valence-electron chi connectivity index (χ3n) is 5.72. The van der Waals surface area contributed by atoms with Crippen LogP contribution in [-0.4, -0.2) is 32.2 Å². The van der Waals surface area contributed by atoms with Gasteiger partial charge in [-0.15, -0.1) is 0 Å². The van der Waals surface area contributed by atoms with E-state index in [0.717, 1.165) is 24.8 Å². The van der Waals surface area contributed by atoms with Crippen LogP contribution in [0.4, 0.5) is 0 Å². The van der Waals surface area contributed by atoms with Crippen molar-refractivity contribution >= 4 is 28.6 Å². The van der Waals surface area contributed by atoms with Crippen LogP contribution in [0.15, 0.2) is 64.2 Å². The second-order valence-corrected chi connectivity index (χ2v) is 9.41. The van der Waals surface area contributed by atoms with Gasteiger partial charge in [-0.3, -0.25) is 9.59 Å². The lowest BCUT2D eigenvalue weighted by Gasteiger charge is -2.17. The molecule has 0 fully saturated rings. The number of aromatic nitrogens is 3. The Kier molecular flexibility index (Phi) is 7.05.